The molecule has 2 atom stereocenters. The second-order valence-electron chi connectivity index (χ2n) is 2.82. The van der Waals surface area contributed by atoms with Gasteiger partial charge in [0, 0.05) is 6.20 Å². The lowest BCUT2D eigenvalue weighted by Crippen LogP contribution is -2.47. The molecule has 1 aliphatic heterocycles. The third kappa shape index (κ3) is 1.53. The third-order valence-corrected chi connectivity index (χ3v) is 2.29. The zero-order valence-electron chi connectivity index (χ0n) is 6.35. The largest absolute Gasteiger partial charge is 0.388 e. The Bertz CT molecular complexity index is 276. The van der Waals surface area contributed by atoms with Crippen molar-refractivity contribution in [2.75, 3.05) is 6.61 Å². The average Bonchev–Trinajstić information content (AvgIpc) is 2.44. The Morgan fingerprint density at radius 1 is 1.83 bits per heavy atom. The molecule has 1 N–H and O–H groups in total. The van der Waals surface area contributed by atoms with Crippen LogP contribution in [0.25, 0.3) is 0 Å². The lowest BCUT2D eigenvalue weighted by atomic mass is 10.1. The maximum Gasteiger partial charge on any atom is 0.105 e. The predicted octanol–water partition coefficient (Wildman–Crippen LogP) is 0.405. The van der Waals surface area contributed by atoms with E-state index in [1.54, 1.807) is 10.9 Å². The SMILES string of the molecule is O[C@@H]1COC1Cn1cc(Br)cn1. The maximum absolute atomic E-state index is 9.20. The van der Waals surface area contributed by atoms with Gasteiger partial charge in [0.1, 0.15) is 12.2 Å². The van der Waals surface area contributed by atoms with Crippen LogP contribution in [0.2, 0.25) is 0 Å². The van der Waals surface area contributed by atoms with Gasteiger partial charge in [0.05, 0.1) is 23.8 Å². The molecule has 2 rings (SSSR count). The van der Waals surface area contributed by atoms with E-state index in [1.807, 2.05) is 6.20 Å². The zero-order valence-corrected chi connectivity index (χ0v) is 7.94. The van der Waals surface area contributed by atoms with Crippen LogP contribution in [0.5, 0.6) is 0 Å². The Labute approximate surface area is 78.3 Å². The van der Waals surface area contributed by atoms with Crippen LogP contribution in [0.1, 0.15) is 0 Å². The summed E-state index contributed by atoms with van der Waals surface area (Å²) in [6.45, 7) is 1.07. The summed E-state index contributed by atoms with van der Waals surface area (Å²) in [5, 5.41) is 13.2. The molecule has 1 aromatic rings. The molecular formula is C7H9BrN2O2. The van der Waals surface area contributed by atoms with Gasteiger partial charge in [-0.05, 0) is 15.9 Å². The molecule has 0 amide bonds. The van der Waals surface area contributed by atoms with Crippen molar-refractivity contribution in [1.29, 1.82) is 0 Å². The minimum absolute atomic E-state index is 0.0863. The lowest BCUT2D eigenvalue weighted by Gasteiger charge is -2.32. The highest BCUT2D eigenvalue weighted by atomic mass is 79.9. The number of nitrogens with zero attached hydrogens (tertiary/aromatic N) is 2. The van der Waals surface area contributed by atoms with Gasteiger partial charge in [-0.15, -0.1) is 0 Å². The second-order valence-corrected chi connectivity index (χ2v) is 3.74. The summed E-state index contributed by atoms with van der Waals surface area (Å²) >= 11 is 3.29. The second kappa shape index (κ2) is 3.16. The van der Waals surface area contributed by atoms with Gasteiger partial charge in [0.15, 0.2) is 0 Å². The Morgan fingerprint density at radius 2 is 2.67 bits per heavy atom. The Morgan fingerprint density at radius 3 is 3.08 bits per heavy atom. The molecule has 1 unspecified atom stereocenters. The van der Waals surface area contributed by atoms with E-state index >= 15 is 0 Å². The van der Waals surface area contributed by atoms with E-state index < -0.39 is 0 Å². The van der Waals surface area contributed by atoms with Crippen molar-refractivity contribution in [3.63, 3.8) is 0 Å². The highest BCUT2D eigenvalue weighted by molar-refractivity contribution is 9.10. The highest BCUT2D eigenvalue weighted by Crippen LogP contribution is 2.15. The van der Waals surface area contributed by atoms with E-state index in [0.29, 0.717) is 13.2 Å². The predicted molar refractivity (Wildman–Crippen MR) is 45.7 cm³/mol. The van der Waals surface area contributed by atoms with Gasteiger partial charge >= 0.3 is 0 Å². The van der Waals surface area contributed by atoms with E-state index in [9.17, 15) is 5.11 Å². The Balaban J connectivity index is 1.95. The number of aliphatic hydroxyl groups excluding tert-OH is 1. The first-order valence-electron chi connectivity index (χ1n) is 3.73. The molecule has 1 aromatic heterocycles. The van der Waals surface area contributed by atoms with Crippen molar-refractivity contribution < 1.29 is 9.84 Å². The third-order valence-electron chi connectivity index (χ3n) is 1.88. The van der Waals surface area contributed by atoms with Gasteiger partial charge in [0.2, 0.25) is 0 Å². The van der Waals surface area contributed by atoms with Crippen LogP contribution < -0.4 is 0 Å². The van der Waals surface area contributed by atoms with Gasteiger partial charge in [-0.2, -0.15) is 5.10 Å². The summed E-state index contributed by atoms with van der Waals surface area (Å²) in [4.78, 5) is 0. The van der Waals surface area contributed by atoms with E-state index in [-0.39, 0.29) is 12.2 Å². The molecule has 66 valence electrons. The molecule has 1 saturated heterocycles. The summed E-state index contributed by atoms with van der Waals surface area (Å²) in [6, 6.07) is 0. The first-order valence-corrected chi connectivity index (χ1v) is 4.52. The summed E-state index contributed by atoms with van der Waals surface area (Å²) in [7, 11) is 0. The number of rotatable bonds is 2. The Kier molecular flexibility index (Phi) is 2.16. The fourth-order valence-corrected chi connectivity index (χ4v) is 1.44. The van der Waals surface area contributed by atoms with Gasteiger partial charge in [-0.3, -0.25) is 4.68 Å². The fraction of sp³-hybridized carbons (Fsp3) is 0.571. The van der Waals surface area contributed by atoms with Crippen molar-refractivity contribution in [2.24, 2.45) is 0 Å². The first-order chi connectivity index (χ1) is 5.75. The average molecular weight is 233 g/mol. The molecule has 0 aromatic carbocycles. The molecule has 1 aliphatic rings. The van der Waals surface area contributed by atoms with Crippen LogP contribution in [0.15, 0.2) is 16.9 Å². The van der Waals surface area contributed by atoms with Crippen molar-refractivity contribution in [2.45, 2.75) is 18.8 Å². The van der Waals surface area contributed by atoms with Crippen LogP contribution in [0, 0.1) is 0 Å². The van der Waals surface area contributed by atoms with Crippen LogP contribution in [0.3, 0.4) is 0 Å². The van der Waals surface area contributed by atoms with Crippen LogP contribution in [-0.2, 0) is 11.3 Å². The van der Waals surface area contributed by atoms with E-state index in [4.69, 9.17) is 4.74 Å². The molecule has 0 bridgehead atoms. The fourth-order valence-electron chi connectivity index (χ4n) is 1.12. The van der Waals surface area contributed by atoms with Gasteiger partial charge < -0.3 is 9.84 Å². The molecule has 0 radical (unpaired) electrons. The summed E-state index contributed by atoms with van der Waals surface area (Å²) in [6.07, 6.45) is 3.16. The number of aliphatic hydroxyl groups is 1. The van der Waals surface area contributed by atoms with Crippen molar-refractivity contribution >= 4 is 15.9 Å². The van der Waals surface area contributed by atoms with Crippen molar-refractivity contribution in [3.8, 4) is 0 Å². The molecule has 12 heavy (non-hydrogen) atoms. The lowest BCUT2D eigenvalue weighted by molar-refractivity contribution is -0.168. The molecule has 0 aliphatic carbocycles. The summed E-state index contributed by atoms with van der Waals surface area (Å²) < 4.78 is 7.82. The molecule has 0 saturated carbocycles. The zero-order chi connectivity index (χ0) is 8.55. The van der Waals surface area contributed by atoms with Crippen molar-refractivity contribution in [1.82, 2.24) is 9.78 Å². The summed E-state index contributed by atoms with van der Waals surface area (Å²) in [5.41, 5.74) is 0. The molecular weight excluding hydrogens is 224 g/mol. The van der Waals surface area contributed by atoms with E-state index in [2.05, 4.69) is 21.0 Å². The maximum atomic E-state index is 9.20. The number of halogens is 1. The van der Waals surface area contributed by atoms with Gasteiger partial charge in [-0.25, -0.2) is 0 Å². The van der Waals surface area contributed by atoms with Crippen LogP contribution in [-0.4, -0.2) is 33.7 Å². The molecule has 1 fully saturated rings. The normalized spacial score (nSPS) is 28.5. The standard InChI is InChI=1S/C7H9BrN2O2/c8-5-1-9-10(2-5)3-7-6(11)4-12-7/h1-2,6-7,11H,3-4H2/t6-,7?/m1/s1. The highest BCUT2D eigenvalue weighted by Gasteiger charge is 2.30. The number of ether oxygens (including phenoxy) is 1. The minimum Gasteiger partial charge on any atom is -0.388 e. The monoisotopic (exact) mass is 232 g/mol. The van der Waals surface area contributed by atoms with E-state index in [0.717, 1.165) is 4.47 Å². The topological polar surface area (TPSA) is 47.3 Å². The number of hydrogen-bond donors (Lipinski definition) is 1. The first kappa shape index (κ1) is 8.22. The van der Waals surface area contributed by atoms with E-state index in [1.165, 1.54) is 0 Å². The van der Waals surface area contributed by atoms with Crippen LogP contribution >= 0.6 is 15.9 Å². The Hall–Kier alpha value is -0.390. The molecule has 2 heterocycles. The molecule has 4 nitrogen and oxygen atoms in total. The minimum atomic E-state index is -0.326. The number of hydrogen-bond acceptors (Lipinski definition) is 3. The smallest absolute Gasteiger partial charge is 0.105 e. The van der Waals surface area contributed by atoms with Gasteiger partial charge in [-0.1, -0.05) is 0 Å². The summed E-state index contributed by atoms with van der Waals surface area (Å²) in [5.74, 6) is 0. The van der Waals surface area contributed by atoms with Gasteiger partial charge in [0.25, 0.3) is 0 Å². The quantitative estimate of drug-likeness (QED) is 0.804. The van der Waals surface area contributed by atoms with Crippen LogP contribution in [0.4, 0.5) is 0 Å². The number of aromatic nitrogens is 2. The molecule has 0 spiro atoms. The molecule has 5 heteroatoms. The van der Waals surface area contributed by atoms with Crippen molar-refractivity contribution in [3.05, 3.63) is 16.9 Å².